The van der Waals surface area contributed by atoms with Gasteiger partial charge in [0.15, 0.2) is 17.2 Å². The number of rotatable bonds is 11. The average Bonchev–Trinajstić information content (AvgIpc) is 3.70. The summed E-state index contributed by atoms with van der Waals surface area (Å²) >= 11 is 0. The number of urea groups is 1. The van der Waals surface area contributed by atoms with E-state index in [1.54, 1.807) is 54.8 Å². The van der Waals surface area contributed by atoms with Crippen molar-refractivity contribution < 1.29 is 43.0 Å². The van der Waals surface area contributed by atoms with Crippen LogP contribution in [0.2, 0.25) is 0 Å². The quantitative estimate of drug-likeness (QED) is 0.0906. The number of imide groups is 1. The Morgan fingerprint density at radius 3 is 1.89 bits per heavy atom. The minimum atomic E-state index is -1.42. The molecule has 3 aromatic carbocycles. The number of anilines is 2. The number of Topliss-reactive ketones (excluding diaryl/α,β-unsaturated/α-hetero) is 2. The summed E-state index contributed by atoms with van der Waals surface area (Å²) in [4.78, 5) is 96.7. The molecule has 1 unspecified atom stereocenters. The van der Waals surface area contributed by atoms with E-state index in [2.05, 4.69) is 5.32 Å². The van der Waals surface area contributed by atoms with Crippen molar-refractivity contribution in [2.45, 2.75) is 80.8 Å². The third-order valence-corrected chi connectivity index (χ3v) is 12.3. The molecule has 0 radical (unpaired) electrons. The highest BCUT2D eigenvalue weighted by Crippen LogP contribution is 2.58. The van der Waals surface area contributed by atoms with Crippen LogP contribution in [-0.4, -0.2) is 72.4 Å². The number of benzene rings is 3. The summed E-state index contributed by atoms with van der Waals surface area (Å²) in [7, 11) is 0. The first-order valence-electron chi connectivity index (χ1n) is 20.6. The number of allylic oxidation sites excluding steroid dienone is 4. The number of ketones is 2. The third-order valence-electron chi connectivity index (χ3n) is 12.3. The first-order chi connectivity index (χ1) is 28.9. The Balaban J connectivity index is 1.25. The van der Waals surface area contributed by atoms with E-state index >= 15 is 0 Å². The van der Waals surface area contributed by atoms with E-state index in [1.807, 2.05) is 65.8 Å². The Morgan fingerprint density at radius 1 is 0.738 bits per heavy atom. The third kappa shape index (κ3) is 6.95. The van der Waals surface area contributed by atoms with Gasteiger partial charge in [0.2, 0.25) is 5.91 Å². The normalized spacial score (nSPS) is 18.0. The number of carbonyl (C=O) groups is 7. The van der Waals surface area contributed by atoms with Crippen molar-refractivity contribution in [3.8, 4) is 11.5 Å². The molecule has 3 aliphatic heterocycles. The summed E-state index contributed by atoms with van der Waals surface area (Å²) in [6.07, 6.45) is 2.75. The predicted octanol–water partition coefficient (Wildman–Crippen LogP) is 7.30. The molecule has 1 N–H and O–H groups in total. The lowest BCUT2D eigenvalue weighted by Crippen LogP contribution is -2.42. The number of aryl methyl sites for hydroxylation is 2. The number of nitrogens with zero attached hydrogens (tertiary/aromatic N) is 3. The van der Waals surface area contributed by atoms with E-state index in [0.29, 0.717) is 85.0 Å². The maximum atomic E-state index is 14.4. The van der Waals surface area contributed by atoms with Crippen LogP contribution in [0.5, 0.6) is 11.5 Å². The minimum absolute atomic E-state index is 0.0583. The average molecular weight is 827 g/mol. The van der Waals surface area contributed by atoms with Crippen LogP contribution in [0, 0.1) is 19.3 Å². The zero-order valence-corrected chi connectivity index (χ0v) is 36.0. The SMILES string of the molecule is CCN(C(=O)CC(C)(C)C1=C(C)C(=O)C(C)=C(C)C1=O)c1cc2c(cc1C)C1(OC(=O)c3ccccc31)c1cc(C)c(N(CC)C(=O)NCCCN3C(=O)C=CC3=O)cc1O2. The van der Waals surface area contributed by atoms with E-state index in [9.17, 15) is 33.6 Å². The summed E-state index contributed by atoms with van der Waals surface area (Å²) in [6.45, 7) is 16.9. The Kier molecular flexibility index (Phi) is 11.0. The molecule has 0 fully saturated rings. The smallest absolute Gasteiger partial charge is 0.340 e. The Bertz CT molecular complexity index is 2560. The summed E-state index contributed by atoms with van der Waals surface area (Å²) < 4.78 is 13.2. The van der Waals surface area contributed by atoms with Crippen molar-refractivity contribution in [1.29, 1.82) is 0 Å². The number of hydrogen-bond donors (Lipinski definition) is 1. The molecule has 316 valence electrons. The molecule has 0 aromatic heterocycles. The van der Waals surface area contributed by atoms with Crippen molar-refractivity contribution in [1.82, 2.24) is 10.2 Å². The van der Waals surface area contributed by atoms with Gasteiger partial charge in [-0.3, -0.25) is 33.8 Å². The monoisotopic (exact) mass is 826 g/mol. The Hall–Kier alpha value is -6.63. The molecule has 61 heavy (non-hydrogen) atoms. The number of ether oxygens (including phenoxy) is 2. The molecule has 4 aliphatic rings. The van der Waals surface area contributed by atoms with Gasteiger partial charge in [-0.15, -0.1) is 0 Å². The highest BCUT2D eigenvalue weighted by atomic mass is 16.6. The number of amides is 5. The second kappa shape index (κ2) is 15.8. The van der Waals surface area contributed by atoms with Crippen LogP contribution in [0.3, 0.4) is 0 Å². The number of esters is 1. The maximum Gasteiger partial charge on any atom is 0.340 e. The van der Waals surface area contributed by atoms with Crippen molar-refractivity contribution in [2.24, 2.45) is 5.41 Å². The van der Waals surface area contributed by atoms with Crippen molar-refractivity contribution in [3.63, 3.8) is 0 Å². The molecule has 3 aromatic rings. The molecule has 5 amide bonds. The molecular weight excluding hydrogens is 777 g/mol. The largest absolute Gasteiger partial charge is 0.456 e. The highest BCUT2D eigenvalue weighted by Gasteiger charge is 2.54. The molecule has 13 heteroatoms. The summed E-state index contributed by atoms with van der Waals surface area (Å²) in [6, 6.07) is 14.1. The second-order valence-electron chi connectivity index (χ2n) is 16.6. The summed E-state index contributed by atoms with van der Waals surface area (Å²) in [5.74, 6) is -1.28. The van der Waals surface area contributed by atoms with Crippen LogP contribution >= 0.6 is 0 Å². The summed E-state index contributed by atoms with van der Waals surface area (Å²) in [5, 5.41) is 2.90. The zero-order valence-electron chi connectivity index (χ0n) is 36.0. The van der Waals surface area contributed by atoms with Crippen molar-refractivity contribution >= 4 is 52.7 Å². The standard InChI is InChI=1S/C48H50N4O9/c1-10-50(41(55)25-47(8,9)42-30(7)43(56)28(5)29(6)44(42)57)35-23-37-33(21-26(35)3)48(32-16-13-12-15-31(32)45(58)61-48)34-22-27(4)36(24-38(34)60-37)51(11-2)46(59)49-19-14-20-52-39(53)17-18-40(52)54/h12-13,15-18,21-24H,10-11,14,19-20,25H2,1-9H3,(H,49,59). The van der Waals surface area contributed by atoms with Gasteiger partial charge in [-0.05, 0) is 84.2 Å². The van der Waals surface area contributed by atoms with E-state index in [0.717, 1.165) is 4.90 Å². The molecule has 3 heterocycles. The zero-order chi connectivity index (χ0) is 44.3. The van der Waals surface area contributed by atoms with Crippen LogP contribution < -0.4 is 19.9 Å². The van der Waals surface area contributed by atoms with Crippen molar-refractivity contribution in [2.75, 3.05) is 36.0 Å². The van der Waals surface area contributed by atoms with E-state index in [1.165, 1.54) is 12.2 Å². The van der Waals surface area contributed by atoms with Crippen LogP contribution in [0.4, 0.5) is 16.2 Å². The van der Waals surface area contributed by atoms with Crippen molar-refractivity contribution in [3.05, 3.63) is 116 Å². The van der Waals surface area contributed by atoms with Gasteiger partial charge in [0.25, 0.3) is 11.8 Å². The topological polar surface area (TPSA) is 160 Å². The first kappa shape index (κ1) is 42.5. The molecule has 0 saturated heterocycles. The molecule has 0 bridgehead atoms. The molecule has 1 atom stereocenters. The van der Waals surface area contributed by atoms with Crippen LogP contribution in [0.1, 0.15) is 99.5 Å². The van der Waals surface area contributed by atoms with E-state index < -0.39 is 23.0 Å². The van der Waals surface area contributed by atoms with Crippen LogP contribution in [-0.2, 0) is 34.3 Å². The van der Waals surface area contributed by atoms with Gasteiger partial charge in [0.1, 0.15) is 11.5 Å². The lowest BCUT2D eigenvalue weighted by molar-refractivity contribution is -0.136. The number of fused-ring (bicyclic) bond motifs is 6. The number of carbonyl (C=O) groups excluding carboxylic acids is 7. The van der Waals surface area contributed by atoms with Gasteiger partial charge in [-0.25, -0.2) is 9.59 Å². The van der Waals surface area contributed by atoms with Crippen LogP contribution in [0.25, 0.3) is 0 Å². The van der Waals surface area contributed by atoms with Crippen LogP contribution in [0.15, 0.2) is 83.0 Å². The second-order valence-corrected chi connectivity index (χ2v) is 16.6. The Morgan fingerprint density at radius 2 is 1.30 bits per heavy atom. The molecule has 0 saturated carbocycles. The first-order valence-corrected chi connectivity index (χ1v) is 20.6. The highest BCUT2D eigenvalue weighted by molar-refractivity contribution is 6.25. The van der Waals surface area contributed by atoms with Gasteiger partial charge in [-0.1, -0.05) is 32.0 Å². The number of hydrogen-bond acceptors (Lipinski definition) is 9. The van der Waals surface area contributed by atoms with Gasteiger partial charge in [0.05, 0.1) is 16.9 Å². The molecule has 7 rings (SSSR count). The van der Waals surface area contributed by atoms with Gasteiger partial charge in [0, 0.05) is 101 Å². The molecule has 1 aliphatic carbocycles. The lowest BCUT2D eigenvalue weighted by atomic mass is 9.71. The Labute approximate surface area is 355 Å². The minimum Gasteiger partial charge on any atom is -0.456 e. The van der Waals surface area contributed by atoms with E-state index in [4.69, 9.17) is 9.47 Å². The lowest BCUT2D eigenvalue weighted by Gasteiger charge is -2.39. The molecule has 13 nitrogen and oxygen atoms in total. The van der Waals surface area contributed by atoms with E-state index in [-0.39, 0.29) is 61.9 Å². The fourth-order valence-corrected chi connectivity index (χ4v) is 9.09. The number of nitrogens with one attached hydrogen (secondary N) is 1. The van der Waals surface area contributed by atoms with Gasteiger partial charge < -0.3 is 19.7 Å². The maximum absolute atomic E-state index is 14.4. The molecule has 1 spiro atoms. The fraction of sp³-hybridized carbons (Fsp3) is 0.354. The summed E-state index contributed by atoms with van der Waals surface area (Å²) in [5.41, 5.74) is 3.77. The predicted molar refractivity (Wildman–Crippen MR) is 229 cm³/mol. The molecular formula is C48H50N4O9. The van der Waals surface area contributed by atoms with Gasteiger partial charge in [-0.2, -0.15) is 0 Å². The van der Waals surface area contributed by atoms with Gasteiger partial charge >= 0.3 is 12.0 Å². The fourth-order valence-electron chi connectivity index (χ4n) is 9.09.